The Labute approximate surface area is 134 Å². The lowest BCUT2D eigenvalue weighted by atomic mass is 9.73. The van der Waals surface area contributed by atoms with E-state index in [-0.39, 0.29) is 0 Å². The van der Waals surface area contributed by atoms with Crippen molar-refractivity contribution in [3.8, 4) is 6.07 Å². The Balaban J connectivity index is 1.54. The van der Waals surface area contributed by atoms with Crippen molar-refractivity contribution in [2.75, 3.05) is 33.2 Å². The molecular weight excluding hydrogens is 270 g/mol. The molecule has 3 rings (SSSR count). The third kappa shape index (κ3) is 3.69. The van der Waals surface area contributed by atoms with E-state index in [1.807, 2.05) is 12.1 Å². The van der Waals surface area contributed by atoms with Gasteiger partial charge in [-0.05, 0) is 88.4 Å². The second kappa shape index (κ2) is 6.81. The van der Waals surface area contributed by atoms with Crippen molar-refractivity contribution in [2.45, 2.75) is 38.6 Å². The van der Waals surface area contributed by atoms with Crippen LogP contribution in [-0.2, 0) is 6.54 Å². The van der Waals surface area contributed by atoms with Crippen LogP contribution in [0.3, 0.4) is 0 Å². The van der Waals surface area contributed by atoms with Crippen LogP contribution in [0.4, 0.5) is 0 Å². The molecule has 0 atom stereocenters. The molecule has 118 valence electrons. The van der Waals surface area contributed by atoms with E-state index in [1.54, 1.807) is 0 Å². The first-order valence-electron chi connectivity index (χ1n) is 8.59. The fraction of sp³-hybridized carbons (Fsp3) is 0.632. The zero-order valence-corrected chi connectivity index (χ0v) is 13.7. The van der Waals surface area contributed by atoms with E-state index < -0.39 is 0 Å². The van der Waals surface area contributed by atoms with Gasteiger partial charge >= 0.3 is 0 Å². The van der Waals surface area contributed by atoms with Crippen molar-refractivity contribution in [3.05, 3.63) is 35.4 Å². The van der Waals surface area contributed by atoms with Crippen LogP contribution in [-0.4, -0.2) is 43.0 Å². The maximum atomic E-state index is 8.87. The molecule has 2 saturated heterocycles. The average molecular weight is 297 g/mol. The molecule has 0 radical (unpaired) electrons. The smallest absolute Gasteiger partial charge is 0.0991 e. The van der Waals surface area contributed by atoms with Gasteiger partial charge in [0.25, 0.3) is 0 Å². The molecule has 2 aliphatic rings. The summed E-state index contributed by atoms with van der Waals surface area (Å²) < 4.78 is 0. The molecule has 0 aromatic heterocycles. The monoisotopic (exact) mass is 297 g/mol. The summed E-state index contributed by atoms with van der Waals surface area (Å²) in [6, 6.07) is 10.3. The molecule has 22 heavy (non-hydrogen) atoms. The number of hydrogen-bond acceptors (Lipinski definition) is 3. The van der Waals surface area contributed by atoms with Crippen molar-refractivity contribution < 1.29 is 0 Å². The van der Waals surface area contributed by atoms with Crippen LogP contribution in [0.1, 0.15) is 43.2 Å². The number of nitriles is 1. The number of nitrogens with zero attached hydrogens (tertiary/aromatic N) is 3. The summed E-state index contributed by atoms with van der Waals surface area (Å²) in [4.78, 5) is 5.08. The number of benzene rings is 1. The van der Waals surface area contributed by atoms with Crippen LogP contribution in [0, 0.1) is 16.7 Å². The zero-order valence-electron chi connectivity index (χ0n) is 13.7. The van der Waals surface area contributed by atoms with Gasteiger partial charge in [-0.1, -0.05) is 12.1 Å². The topological polar surface area (TPSA) is 30.3 Å². The molecule has 2 heterocycles. The second-order valence-corrected chi connectivity index (χ2v) is 7.24. The van der Waals surface area contributed by atoms with Crippen LogP contribution >= 0.6 is 0 Å². The minimum absolute atomic E-state index is 0.617. The molecule has 0 N–H and O–H groups in total. The minimum Gasteiger partial charge on any atom is -0.306 e. The lowest BCUT2D eigenvalue weighted by Gasteiger charge is -2.41. The maximum Gasteiger partial charge on any atom is 0.0991 e. The van der Waals surface area contributed by atoms with Crippen LogP contribution < -0.4 is 0 Å². The predicted octanol–water partition coefficient (Wildman–Crippen LogP) is 3.26. The highest BCUT2D eigenvalue weighted by atomic mass is 15.1. The molecule has 2 fully saturated rings. The van der Waals surface area contributed by atoms with E-state index in [1.165, 1.54) is 63.8 Å². The van der Waals surface area contributed by atoms with Crippen LogP contribution in [0.15, 0.2) is 24.3 Å². The predicted molar refractivity (Wildman–Crippen MR) is 89.4 cm³/mol. The molecule has 3 nitrogen and oxygen atoms in total. The van der Waals surface area contributed by atoms with Gasteiger partial charge in [-0.15, -0.1) is 0 Å². The first-order chi connectivity index (χ1) is 10.7. The van der Waals surface area contributed by atoms with Crippen molar-refractivity contribution in [1.82, 2.24) is 9.80 Å². The molecule has 0 unspecified atom stereocenters. The molecule has 0 saturated carbocycles. The van der Waals surface area contributed by atoms with Gasteiger partial charge in [0.1, 0.15) is 0 Å². The summed E-state index contributed by atoms with van der Waals surface area (Å²) in [5, 5.41) is 8.87. The van der Waals surface area contributed by atoms with E-state index >= 15 is 0 Å². The molecular formula is C19H27N3. The first kappa shape index (κ1) is 15.5. The molecule has 2 aliphatic heterocycles. The van der Waals surface area contributed by atoms with Crippen molar-refractivity contribution >= 4 is 0 Å². The number of piperidine rings is 1. The van der Waals surface area contributed by atoms with Gasteiger partial charge in [0.15, 0.2) is 0 Å². The summed E-state index contributed by atoms with van der Waals surface area (Å²) >= 11 is 0. The van der Waals surface area contributed by atoms with Crippen molar-refractivity contribution in [3.63, 3.8) is 0 Å². The maximum absolute atomic E-state index is 8.87. The molecule has 3 heteroatoms. The molecule has 0 aliphatic carbocycles. The number of likely N-dealkylation sites (tertiary alicyclic amines) is 2. The molecule has 0 bridgehead atoms. The Morgan fingerprint density at radius 1 is 1.00 bits per heavy atom. The van der Waals surface area contributed by atoms with E-state index in [0.29, 0.717) is 5.41 Å². The highest BCUT2D eigenvalue weighted by molar-refractivity contribution is 5.31. The minimum atomic E-state index is 0.617. The largest absolute Gasteiger partial charge is 0.306 e. The third-order valence-corrected chi connectivity index (χ3v) is 5.68. The third-order valence-electron chi connectivity index (χ3n) is 5.68. The summed E-state index contributed by atoms with van der Waals surface area (Å²) in [5.74, 6) is 0. The van der Waals surface area contributed by atoms with Gasteiger partial charge in [0.05, 0.1) is 11.6 Å². The Morgan fingerprint density at radius 2 is 1.68 bits per heavy atom. The summed E-state index contributed by atoms with van der Waals surface area (Å²) in [7, 11) is 2.26. The Bertz CT molecular complexity index is 521. The Kier molecular flexibility index (Phi) is 4.81. The van der Waals surface area contributed by atoms with Gasteiger partial charge < -0.3 is 4.90 Å². The second-order valence-electron chi connectivity index (χ2n) is 7.24. The number of hydrogen-bond donors (Lipinski definition) is 0. The highest BCUT2D eigenvalue weighted by Gasteiger charge is 2.35. The molecule has 0 amide bonds. The Morgan fingerprint density at radius 3 is 2.36 bits per heavy atom. The standard InChI is InChI=1S/C19H27N3/c1-21-11-2-7-19(8-12-21)9-13-22(14-10-19)16-18-5-3-17(15-20)4-6-18/h3-6H,2,7-14,16H2,1H3. The fourth-order valence-electron chi connectivity index (χ4n) is 4.02. The van der Waals surface area contributed by atoms with E-state index in [4.69, 9.17) is 5.26 Å². The van der Waals surface area contributed by atoms with Crippen LogP contribution in [0.2, 0.25) is 0 Å². The highest BCUT2D eigenvalue weighted by Crippen LogP contribution is 2.41. The average Bonchev–Trinajstić information content (AvgIpc) is 2.73. The summed E-state index contributed by atoms with van der Waals surface area (Å²) in [6.07, 6.45) is 6.89. The summed E-state index contributed by atoms with van der Waals surface area (Å²) in [5.41, 5.74) is 2.70. The fourth-order valence-corrected chi connectivity index (χ4v) is 4.02. The normalized spacial score (nSPS) is 23.1. The van der Waals surface area contributed by atoms with E-state index in [9.17, 15) is 0 Å². The van der Waals surface area contributed by atoms with Crippen LogP contribution in [0.25, 0.3) is 0 Å². The Hall–Kier alpha value is -1.37. The lowest BCUT2D eigenvalue weighted by Crippen LogP contribution is -2.40. The summed E-state index contributed by atoms with van der Waals surface area (Å²) in [6.45, 7) is 6.03. The van der Waals surface area contributed by atoms with Crippen molar-refractivity contribution in [1.29, 1.82) is 5.26 Å². The van der Waals surface area contributed by atoms with Crippen molar-refractivity contribution in [2.24, 2.45) is 5.41 Å². The van der Waals surface area contributed by atoms with Gasteiger partial charge in [0, 0.05) is 6.54 Å². The molecule has 1 aromatic carbocycles. The quantitative estimate of drug-likeness (QED) is 0.839. The van der Waals surface area contributed by atoms with Crippen LogP contribution in [0.5, 0.6) is 0 Å². The van der Waals surface area contributed by atoms with Gasteiger partial charge in [0.2, 0.25) is 0 Å². The van der Waals surface area contributed by atoms with E-state index in [2.05, 4.69) is 35.0 Å². The lowest BCUT2D eigenvalue weighted by molar-refractivity contribution is 0.0849. The molecule has 1 aromatic rings. The SMILES string of the molecule is CN1CCCC2(CC1)CCN(Cc1ccc(C#N)cc1)CC2. The molecule has 1 spiro atoms. The van der Waals surface area contributed by atoms with Gasteiger partial charge in [-0.3, -0.25) is 4.90 Å². The zero-order chi connectivity index (χ0) is 15.4. The van der Waals surface area contributed by atoms with Gasteiger partial charge in [-0.25, -0.2) is 0 Å². The van der Waals surface area contributed by atoms with Gasteiger partial charge in [-0.2, -0.15) is 5.26 Å². The first-order valence-corrected chi connectivity index (χ1v) is 8.59. The van der Waals surface area contributed by atoms with E-state index in [0.717, 1.165) is 12.1 Å². The number of rotatable bonds is 2.